The van der Waals surface area contributed by atoms with Crippen molar-refractivity contribution in [2.75, 3.05) is 31.1 Å². The second-order valence-electron chi connectivity index (χ2n) is 9.52. The largest absolute Gasteiger partial charge is 0.373 e. The molecule has 2 unspecified atom stereocenters. The summed E-state index contributed by atoms with van der Waals surface area (Å²) in [6, 6.07) is 4.42. The Balaban J connectivity index is 1.48. The molecule has 4 aromatic rings. The highest BCUT2D eigenvalue weighted by molar-refractivity contribution is 5.97. The van der Waals surface area contributed by atoms with Gasteiger partial charge in [0, 0.05) is 54.1 Å². The lowest BCUT2D eigenvalue weighted by atomic mass is 9.79. The van der Waals surface area contributed by atoms with Crippen molar-refractivity contribution < 1.29 is 4.74 Å². The van der Waals surface area contributed by atoms with Crippen LogP contribution in [0.15, 0.2) is 30.7 Å². The summed E-state index contributed by atoms with van der Waals surface area (Å²) in [4.78, 5) is 25.2. The van der Waals surface area contributed by atoms with E-state index in [0.29, 0.717) is 12.5 Å². The van der Waals surface area contributed by atoms with Crippen LogP contribution in [0.4, 0.5) is 5.82 Å². The van der Waals surface area contributed by atoms with Crippen LogP contribution in [-0.2, 0) is 4.74 Å². The molecule has 8 heteroatoms. The molecule has 6 heterocycles. The Bertz CT molecular complexity index is 1360. The number of morpholine rings is 1. The standard InChI is InChI=1S/C25H27N7O/c1-14-9-17-16(5-6-28-23(17)29-14)24-30-19-11-26-10-18(15-3-2-4-15)22(19)25(31-24)32-7-8-33-21-13-27-12-20(21)32/h5-6,9-11,15,20-21,27H,2-4,7-8,12-13H2,1H3,(H,28,29). The summed E-state index contributed by atoms with van der Waals surface area (Å²) in [5.41, 5.74) is 5.16. The van der Waals surface area contributed by atoms with E-state index in [4.69, 9.17) is 14.7 Å². The van der Waals surface area contributed by atoms with Crippen LogP contribution in [0.2, 0.25) is 0 Å². The number of pyridine rings is 2. The molecule has 7 rings (SSSR count). The van der Waals surface area contributed by atoms with Gasteiger partial charge in [-0.1, -0.05) is 6.42 Å². The highest BCUT2D eigenvalue weighted by atomic mass is 16.5. The van der Waals surface area contributed by atoms with Crippen molar-refractivity contribution in [1.29, 1.82) is 0 Å². The first-order chi connectivity index (χ1) is 16.3. The molecule has 1 aliphatic carbocycles. The molecule has 0 amide bonds. The molecule has 8 nitrogen and oxygen atoms in total. The number of hydrogen-bond donors (Lipinski definition) is 2. The van der Waals surface area contributed by atoms with E-state index in [1.54, 1.807) is 0 Å². The van der Waals surface area contributed by atoms with Crippen molar-refractivity contribution in [2.45, 2.75) is 44.2 Å². The Hall–Kier alpha value is -3.10. The summed E-state index contributed by atoms with van der Waals surface area (Å²) < 4.78 is 6.08. The van der Waals surface area contributed by atoms with Crippen molar-refractivity contribution in [1.82, 2.24) is 30.2 Å². The van der Waals surface area contributed by atoms with Gasteiger partial charge < -0.3 is 19.9 Å². The van der Waals surface area contributed by atoms with E-state index in [9.17, 15) is 0 Å². The second-order valence-corrected chi connectivity index (χ2v) is 9.52. The fraction of sp³-hybridized carbons (Fsp3) is 0.440. The number of ether oxygens (including phenoxy) is 1. The fourth-order valence-electron chi connectivity index (χ4n) is 5.65. The minimum Gasteiger partial charge on any atom is -0.373 e. The molecule has 4 aromatic heterocycles. The highest BCUT2D eigenvalue weighted by Crippen LogP contribution is 2.43. The number of nitrogens with zero attached hydrogens (tertiary/aromatic N) is 5. The van der Waals surface area contributed by atoms with Gasteiger partial charge in [0.05, 0.1) is 30.5 Å². The van der Waals surface area contributed by atoms with Gasteiger partial charge in [0.2, 0.25) is 0 Å². The minimum atomic E-state index is 0.196. The van der Waals surface area contributed by atoms with E-state index in [1.807, 2.05) is 31.6 Å². The molecule has 0 bridgehead atoms. The number of nitrogens with one attached hydrogen (secondary N) is 2. The SMILES string of the molecule is Cc1cc2c(-c3nc(N4CCOC5CNCC54)c4c(C5CCC5)cncc4n3)ccnc2[nH]1. The van der Waals surface area contributed by atoms with Crippen molar-refractivity contribution in [3.63, 3.8) is 0 Å². The quantitative estimate of drug-likeness (QED) is 0.504. The number of hydrogen-bond acceptors (Lipinski definition) is 7. The maximum absolute atomic E-state index is 6.08. The lowest BCUT2D eigenvalue weighted by Crippen LogP contribution is -2.51. The van der Waals surface area contributed by atoms with Gasteiger partial charge in [-0.2, -0.15) is 0 Å². The van der Waals surface area contributed by atoms with E-state index < -0.39 is 0 Å². The lowest BCUT2D eigenvalue weighted by molar-refractivity contribution is 0.0348. The molecule has 3 aliphatic rings. The van der Waals surface area contributed by atoms with Crippen LogP contribution in [0.25, 0.3) is 33.3 Å². The lowest BCUT2D eigenvalue weighted by Gasteiger charge is -2.39. The number of H-pyrrole nitrogens is 1. The molecule has 2 saturated heterocycles. The van der Waals surface area contributed by atoms with E-state index in [1.165, 1.54) is 30.2 Å². The fourth-order valence-corrected chi connectivity index (χ4v) is 5.65. The van der Waals surface area contributed by atoms with E-state index in [0.717, 1.165) is 59.1 Å². The molecule has 2 aliphatic heterocycles. The normalized spacial score (nSPS) is 23.2. The van der Waals surface area contributed by atoms with Crippen LogP contribution in [-0.4, -0.2) is 63.3 Å². The molecular weight excluding hydrogens is 414 g/mol. The van der Waals surface area contributed by atoms with Crippen molar-refractivity contribution in [3.05, 3.63) is 42.0 Å². The third-order valence-electron chi connectivity index (χ3n) is 7.53. The van der Waals surface area contributed by atoms with Crippen molar-refractivity contribution >= 4 is 27.8 Å². The Kier molecular flexibility index (Phi) is 4.38. The molecule has 2 N–H and O–H groups in total. The predicted octanol–water partition coefficient (Wildman–Crippen LogP) is 3.32. The second kappa shape index (κ2) is 7.46. The smallest absolute Gasteiger partial charge is 0.163 e. The van der Waals surface area contributed by atoms with Crippen LogP contribution >= 0.6 is 0 Å². The van der Waals surface area contributed by atoms with Crippen LogP contribution in [0.3, 0.4) is 0 Å². The van der Waals surface area contributed by atoms with Gasteiger partial charge in [-0.3, -0.25) is 4.98 Å². The van der Waals surface area contributed by atoms with Gasteiger partial charge in [-0.05, 0) is 43.4 Å². The van der Waals surface area contributed by atoms with Gasteiger partial charge in [0.25, 0.3) is 0 Å². The number of aryl methyl sites for hydroxylation is 1. The molecule has 33 heavy (non-hydrogen) atoms. The Morgan fingerprint density at radius 2 is 2.09 bits per heavy atom. The molecule has 2 atom stereocenters. The van der Waals surface area contributed by atoms with E-state index in [2.05, 4.69) is 31.2 Å². The Morgan fingerprint density at radius 3 is 2.97 bits per heavy atom. The first-order valence-corrected chi connectivity index (χ1v) is 12.0. The summed E-state index contributed by atoms with van der Waals surface area (Å²) in [6.07, 6.45) is 9.68. The maximum atomic E-state index is 6.08. The number of rotatable bonds is 3. The zero-order valence-electron chi connectivity index (χ0n) is 18.7. The first kappa shape index (κ1) is 19.4. The summed E-state index contributed by atoms with van der Waals surface area (Å²) in [6.45, 7) is 5.39. The van der Waals surface area contributed by atoms with E-state index in [-0.39, 0.29) is 12.1 Å². The average Bonchev–Trinajstić information content (AvgIpc) is 3.42. The highest BCUT2D eigenvalue weighted by Gasteiger charge is 2.38. The van der Waals surface area contributed by atoms with Gasteiger partial charge in [-0.25, -0.2) is 15.0 Å². The molecular formula is C25H27N7O. The molecule has 0 radical (unpaired) electrons. The predicted molar refractivity (Wildman–Crippen MR) is 127 cm³/mol. The molecule has 3 fully saturated rings. The van der Waals surface area contributed by atoms with Gasteiger partial charge in [-0.15, -0.1) is 0 Å². The maximum Gasteiger partial charge on any atom is 0.163 e. The first-order valence-electron chi connectivity index (χ1n) is 12.0. The molecule has 1 saturated carbocycles. The summed E-state index contributed by atoms with van der Waals surface area (Å²) >= 11 is 0. The average molecular weight is 442 g/mol. The topological polar surface area (TPSA) is 91.8 Å². The minimum absolute atomic E-state index is 0.196. The monoisotopic (exact) mass is 441 g/mol. The zero-order valence-corrected chi connectivity index (χ0v) is 18.7. The van der Waals surface area contributed by atoms with Crippen LogP contribution in [0.5, 0.6) is 0 Å². The number of fused-ring (bicyclic) bond motifs is 3. The molecule has 0 aromatic carbocycles. The number of aromatic amines is 1. The number of anilines is 1. The van der Waals surface area contributed by atoms with Crippen molar-refractivity contribution in [2.24, 2.45) is 0 Å². The van der Waals surface area contributed by atoms with Crippen LogP contribution in [0, 0.1) is 6.92 Å². The third-order valence-corrected chi connectivity index (χ3v) is 7.53. The summed E-state index contributed by atoms with van der Waals surface area (Å²) in [5.74, 6) is 2.30. The third kappa shape index (κ3) is 3.04. The Labute approximate surface area is 191 Å². The molecule has 0 spiro atoms. The van der Waals surface area contributed by atoms with Crippen LogP contribution in [0.1, 0.15) is 36.4 Å². The molecule has 168 valence electrons. The van der Waals surface area contributed by atoms with Gasteiger partial charge in [0.15, 0.2) is 5.82 Å². The van der Waals surface area contributed by atoms with Gasteiger partial charge >= 0.3 is 0 Å². The Morgan fingerprint density at radius 1 is 1.15 bits per heavy atom. The van der Waals surface area contributed by atoms with Crippen LogP contribution < -0.4 is 10.2 Å². The van der Waals surface area contributed by atoms with E-state index >= 15 is 0 Å². The van der Waals surface area contributed by atoms with Gasteiger partial charge in [0.1, 0.15) is 11.5 Å². The van der Waals surface area contributed by atoms with Crippen molar-refractivity contribution in [3.8, 4) is 11.4 Å². The summed E-state index contributed by atoms with van der Waals surface area (Å²) in [7, 11) is 0. The number of aromatic nitrogens is 5. The summed E-state index contributed by atoms with van der Waals surface area (Å²) in [5, 5.41) is 5.73. The zero-order chi connectivity index (χ0) is 21.9.